The Bertz CT molecular complexity index is 435. The third-order valence-corrected chi connectivity index (χ3v) is 2.85. The maximum absolute atomic E-state index is 12.9. The summed E-state index contributed by atoms with van der Waals surface area (Å²) in [6.07, 6.45) is 0. The molecule has 1 fully saturated rings. The Morgan fingerprint density at radius 2 is 2.29 bits per heavy atom. The molecule has 1 aliphatic rings. The van der Waals surface area contributed by atoms with Crippen LogP contribution >= 0.6 is 11.6 Å². The van der Waals surface area contributed by atoms with E-state index in [2.05, 4.69) is 5.32 Å². The van der Waals surface area contributed by atoms with E-state index >= 15 is 0 Å². The Labute approximate surface area is 104 Å². The van der Waals surface area contributed by atoms with E-state index in [1.165, 1.54) is 18.2 Å². The van der Waals surface area contributed by atoms with Gasteiger partial charge in [0.05, 0.1) is 11.6 Å². The third kappa shape index (κ3) is 3.15. The van der Waals surface area contributed by atoms with Crippen molar-refractivity contribution in [1.82, 2.24) is 4.90 Å². The molecule has 1 aromatic rings. The van der Waals surface area contributed by atoms with Crippen molar-refractivity contribution in [3.05, 3.63) is 29.0 Å². The molecule has 0 bridgehead atoms. The van der Waals surface area contributed by atoms with Gasteiger partial charge in [0.25, 0.3) is 0 Å². The Morgan fingerprint density at radius 3 is 2.88 bits per heavy atom. The first kappa shape index (κ1) is 12.3. The number of carbonyl (C=O) groups is 1. The molecule has 0 unspecified atom stereocenters. The summed E-state index contributed by atoms with van der Waals surface area (Å²) in [4.78, 5) is 13.5. The highest BCUT2D eigenvalue weighted by Gasteiger charge is 2.24. The van der Waals surface area contributed by atoms with Crippen LogP contribution in [-0.4, -0.2) is 36.5 Å². The van der Waals surface area contributed by atoms with Gasteiger partial charge in [0, 0.05) is 24.8 Å². The van der Waals surface area contributed by atoms with Gasteiger partial charge >= 0.3 is 0 Å². The minimum atomic E-state index is -0.501. The van der Waals surface area contributed by atoms with Crippen LogP contribution < -0.4 is 11.1 Å². The predicted molar refractivity (Wildman–Crippen MR) is 64.5 cm³/mol. The van der Waals surface area contributed by atoms with Gasteiger partial charge < -0.3 is 11.1 Å². The summed E-state index contributed by atoms with van der Waals surface area (Å²) in [5.74, 6) is -0.655. The summed E-state index contributed by atoms with van der Waals surface area (Å²) < 4.78 is 12.9. The largest absolute Gasteiger partial charge is 0.325 e. The Hall–Kier alpha value is -1.17. The van der Waals surface area contributed by atoms with Crippen LogP contribution in [0.2, 0.25) is 5.02 Å². The van der Waals surface area contributed by atoms with Crippen LogP contribution in [0.1, 0.15) is 0 Å². The maximum Gasteiger partial charge on any atom is 0.238 e. The molecule has 6 heteroatoms. The number of amides is 1. The number of hydrogen-bond acceptors (Lipinski definition) is 3. The van der Waals surface area contributed by atoms with E-state index in [9.17, 15) is 9.18 Å². The number of carbonyl (C=O) groups excluding carboxylic acids is 1. The number of halogens is 2. The van der Waals surface area contributed by atoms with Crippen LogP contribution in [0.25, 0.3) is 0 Å². The van der Waals surface area contributed by atoms with Crippen molar-refractivity contribution in [2.45, 2.75) is 6.04 Å². The molecule has 17 heavy (non-hydrogen) atoms. The zero-order valence-electron chi connectivity index (χ0n) is 9.12. The normalized spacial score (nSPS) is 16.6. The zero-order valence-corrected chi connectivity index (χ0v) is 9.88. The minimum Gasteiger partial charge on any atom is -0.325 e. The molecule has 0 atom stereocenters. The van der Waals surface area contributed by atoms with Crippen LogP contribution in [-0.2, 0) is 4.79 Å². The average Bonchev–Trinajstić information content (AvgIpc) is 2.21. The van der Waals surface area contributed by atoms with Crippen molar-refractivity contribution in [2.24, 2.45) is 5.73 Å². The minimum absolute atomic E-state index is 0.00577. The van der Waals surface area contributed by atoms with E-state index in [0.29, 0.717) is 12.2 Å². The summed E-state index contributed by atoms with van der Waals surface area (Å²) in [7, 11) is 0. The molecule has 1 aliphatic heterocycles. The van der Waals surface area contributed by atoms with Gasteiger partial charge in [-0.2, -0.15) is 0 Å². The fraction of sp³-hybridized carbons (Fsp3) is 0.364. The van der Waals surface area contributed by atoms with Crippen molar-refractivity contribution < 1.29 is 9.18 Å². The summed E-state index contributed by atoms with van der Waals surface area (Å²) in [6, 6.07) is 4.25. The lowest BCUT2D eigenvalue weighted by Gasteiger charge is -2.36. The molecule has 92 valence electrons. The van der Waals surface area contributed by atoms with Crippen LogP contribution in [0.5, 0.6) is 0 Å². The van der Waals surface area contributed by atoms with Gasteiger partial charge in [-0.3, -0.25) is 9.69 Å². The molecule has 1 saturated heterocycles. The lowest BCUT2D eigenvalue weighted by Crippen LogP contribution is -2.57. The highest BCUT2D eigenvalue weighted by molar-refractivity contribution is 6.31. The van der Waals surface area contributed by atoms with Crippen molar-refractivity contribution >= 4 is 23.2 Å². The van der Waals surface area contributed by atoms with E-state index in [1.807, 2.05) is 4.90 Å². The molecule has 1 heterocycles. The van der Waals surface area contributed by atoms with Crippen LogP contribution in [0, 0.1) is 5.82 Å². The molecule has 0 aliphatic carbocycles. The molecular formula is C11H13ClFN3O. The SMILES string of the molecule is NC1CN(CC(=O)Nc2ccc(F)c(Cl)c2)C1. The van der Waals surface area contributed by atoms with Crippen molar-refractivity contribution in [3.8, 4) is 0 Å². The van der Waals surface area contributed by atoms with Crippen LogP contribution in [0.15, 0.2) is 18.2 Å². The summed E-state index contributed by atoms with van der Waals surface area (Å²) in [5, 5.41) is 2.65. The van der Waals surface area contributed by atoms with E-state index < -0.39 is 5.82 Å². The van der Waals surface area contributed by atoms with E-state index in [0.717, 1.165) is 13.1 Å². The highest BCUT2D eigenvalue weighted by Crippen LogP contribution is 2.19. The second-order valence-electron chi connectivity index (χ2n) is 4.13. The van der Waals surface area contributed by atoms with Gasteiger partial charge in [0.2, 0.25) is 5.91 Å². The second kappa shape index (κ2) is 5.00. The maximum atomic E-state index is 12.9. The van der Waals surface area contributed by atoms with E-state index in [1.54, 1.807) is 0 Å². The fourth-order valence-corrected chi connectivity index (χ4v) is 1.90. The smallest absolute Gasteiger partial charge is 0.238 e. The molecule has 1 aromatic carbocycles. The van der Waals surface area contributed by atoms with E-state index in [4.69, 9.17) is 17.3 Å². The fourth-order valence-electron chi connectivity index (χ4n) is 1.72. The molecule has 0 radical (unpaired) electrons. The molecule has 0 saturated carbocycles. The number of anilines is 1. The monoisotopic (exact) mass is 257 g/mol. The Morgan fingerprint density at radius 1 is 1.59 bits per heavy atom. The molecule has 3 N–H and O–H groups in total. The number of nitrogens with two attached hydrogens (primary N) is 1. The van der Waals surface area contributed by atoms with Gasteiger partial charge in [-0.1, -0.05) is 11.6 Å². The first-order chi connectivity index (χ1) is 8.04. The Balaban J connectivity index is 1.87. The third-order valence-electron chi connectivity index (χ3n) is 2.56. The average molecular weight is 258 g/mol. The number of rotatable bonds is 3. The van der Waals surface area contributed by atoms with Gasteiger partial charge in [-0.25, -0.2) is 4.39 Å². The molecule has 1 amide bonds. The number of hydrogen-bond donors (Lipinski definition) is 2. The zero-order chi connectivity index (χ0) is 12.4. The van der Waals surface area contributed by atoms with Gasteiger partial charge in [0.1, 0.15) is 5.82 Å². The summed E-state index contributed by atoms with van der Waals surface area (Å²) in [6.45, 7) is 1.76. The molecule has 4 nitrogen and oxygen atoms in total. The predicted octanol–water partition coefficient (Wildman–Crippen LogP) is 1.06. The second-order valence-corrected chi connectivity index (χ2v) is 4.54. The lowest BCUT2D eigenvalue weighted by atomic mass is 10.1. The molecule has 0 aromatic heterocycles. The van der Waals surface area contributed by atoms with Gasteiger partial charge in [-0.05, 0) is 18.2 Å². The number of likely N-dealkylation sites (tertiary alicyclic amines) is 1. The summed E-state index contributed by atoms with van der Waals surface area (Å²) >= 11 is 5.61. The first-order valence-electron chi connectivity index (χ1n) is 5.27. The van der Waals surface area contributed by atoms with Crippen LogP contribution in [0.3, 0.4) is 0 Å². The molecule has 0 spiro atoms. The number of benzene rings is 1. The standard InChI is InChI=1S/C11H13ClFN3O/c12-9-3-8(1-2-10(9)13)15-11(17)6-16-4-7(14)5-16/h1-3,7H,4-6,14H2,(H,15,17). The number of nitrogens with zero attached hydrogens (tertiary/aromatic N) is 1. The number of nitrogens with one attached hydrogen (secondary N) is 1. The lowest BCUT2D eigenvalue weighted by molar-refractivity contribution is -0.118. The molecule has 2 rings (SSSR count). The van der Waals surface area contributed by atoms with Crippen molar-refractivity contribution in [3.63, 3.8) is 0 Å². The van der Waals surface area contributed by atoms with Crippen molar-refractivity contribution in [1.29, 1.82) is 0 Å². The quantitative estimate of drug-likeness (QED) is 0.851. The molecular weight excluding hydrogens is 245 g/mol. The summed E-state index contributed by atoms with van der Waals surface area (Å²) in [5.41, 5.74) is 6.09. The topological polar surface area (TPSA) is 58.4 Å². The van der Waals surface area contributed by atoms with Crippen LogP contribution in [0.4, 0.5) is 10.1 Å². The first-order valence-corrected chi connectivity index (χ1v) is 5.65. The highest BCUT2D eigenvalue weighted by atomic mass is 35.5. The van der Waals surface area contributed by atoms with Gasteiger partial charge in [0.15, 0.2) is 0 Å². The Kier molecular flexibility index (Phi) is 3.61. The van der Waals surface area contributed by atoms with Crippen molar-refractivity contribution in [2.75, 3.05) is 25.0 Å². The van der Waals surface area contributed by atoms with E-state index in [-0.39, 0.29) is 17.0 Å². The van der Waals surface area contributed by atoms with Gasteiger partial charge in [-0.15, -0.1) is 0 Å².